The van der Waals surface area contributed by atoms with E-state index in [1.54, 1.807) is 12.0 Å². The Morgan fingerprint density at radius 1 is 1.39 bits per heavy atom. The van der Waals surface area contributed by atoms with E-state index in [-0.39, 0.29) is 5.91 Å². The zero-order valence-electron chi connectivity index (χ0n) is 12.0. The number of methoxy groups -OCH3 is 1. The van der Waals surface area contributed by atoms with Crippen molar-refractivity contribution >= 4 is 11.6 Å². The molecule has 0 aromatic heterocycles. The molecule has 1 atom stereocenters. The second kappa shape index (κ2) is 6.01. The minimum absolute atomic E-state index is 0.0144. The Kier molecular flexibility index (Phi) is 4.91. The number of carbonyl (C=O) groups excluding carboxylic acids is 1. The number of nitrogens with zero attached hydrogens (tertiary/aromatic N) is 1. The number of ether oxygens (including phenoxy) is 1. The highest BCUT2D eigenvalue weighted by molar-refractivity contribution is 5.99. The molecular weight excluding hydrogens is 226 g/mol. The van der Waals surface area contributed by atoms with Gasteiger partial charge >= 0.3 is 0 Å². The van der Waals surface area contributed by atoms with E-state index in [0.29, 0.717) is 13.0 Å². The van der Waals surface area contributed by atoms with E-state index in [4.69, 9.17) is 4.74 Å². The number of carbonyl (C=O) groups is 1. The Hall–Kier alpha value is -1.35. The van der Waals surface area contributed by atoms with Crippen molar-refractivity contribution in [3.63, 3.8) is 0 Å². The van der Waals surface area contributed by atoms with E-state index in [0.717, 1.165) is 11.3 Å². The van der Waals surface area contributed by atoms with Crippen LogP contribution in [0.15, 0.2) is 24.3 Å². The summed E-state index contributed by atoms with van der Waals surface area (Å²) >= 11 is 0. The van der Waals surface area contributed by atoms with Crippen LogP contribution in [-0.2, 0) is 9.53 Å². The van der Waals surface area contributed by atoms with Crippen molar-refractivity contribution in [2.75, 3.05) is 18.6 Å². The fourth-order valence-corrected chi connectivity index (χ4v) is 1.91. The molecule has 0 fully saturated rings. The Labute approximate surface area is 110 Å². The first-order chi connectivity index (χ1) is 8.48. The monoisotopic (exact) mass is 249 g/mol. The third-order valence-electron chi connectivity index (χ3n) is 3.45. The highest BCUT2D eigenvalue weighted by Gasteiger charge is 2.35. The lowest BCUT2D eigenvalue weighted by Crippen LogP contribution is -2.48. The van der Waals surface area contributed by atoms with Crippen molar-refractivity contribution in [1.82, 2.24) is 0 Å². The van der Waals surface area contributed by atoms with Crippen molar-refractivity contribution in [3.8, 4) is 0 Å². The number of aryl methyl sites for hydroxylation is 1. The van der Waals surface area contributed by atoms with E-state index >= 15 is 0 Å². The largest absolute Gasteiger partial charge is 0.369 e. The zero-order valence-corrected chi connectivity index (χ0v) is 12.0. The third-order valence-corrected chi connectivity index (χ3v) is 3.45. The van der Waals surface area contributed by atoms with Gasteiger partial charge in [-0.05, 0) is 44.9 Å². The topological polar surface area (TPSA) is 29.5 Å². The maximum atomic E-state index is 12.6. The lowest BCUT2D eigenvalue weighted by molar-refractivity contribution is -0.138. The first-order valence-electron chi connectivity index (χ1n) is 6.42. The average Bonchev–Trinajstić information content (AvgIpc) is 2.38. The van der Waals surface area contributed by atoms with Gasteiger partial charge in [0.05, 0.1) is 0 Å². The van der Waals surface area contributed by atoms with Crippen LogP contribution in [0.5, 0.6) is 0 Å². The minimum Gasteiger partial charge on any atom is -0.369 e. The highest BCUT2D eigenvalue weighted by atomic mass is 16.5. The molecule has 0 aliphatic rings. The molecule has 0 bridgehead atoms. The number of hydrogen-bond donors (Lipinski definition) is 0. The summed E-state index contributed by atoms with van der Waals surface area (Å²) in [7, 11) is 1.59. The minimum atomic E-state index is -0.750. The number of likely N-dealkylation sites (N-methyl/N-ethyl adjacent to an activating group) is 1. The van der Waals surface area contributed by atoms with Crippen LogP contribution in [-0.4, -0.2) is 25.2 Å². The standard InChI is InChI=1S/C15H23NO2/c1-6-15(4,18-5)14(17)16(7-2)13-10-8-9-12(3)11-13/h8-11H,6-7H2,1-5H3. The van der Waals surface area contributed by atoms with Gasteiger partial charge in [0.1, 0.15) is 5.60 Å². The van der Waals surface area contributed by atoms with Gasteiger partial charge in [0.25, 0.3) is 5.91 Å². The molecule has 3 nitrogen and oxygen atoms in total. The highest BCUT2D eigenvalue weighted by Crippen LogP contribution is 2.23. The van der Waals surface area contributed by atoms with E-state index in [2.05, 4.69) is 0 Å². The molecule has 1 unspecified atom stereocenters. The van der Waals surface area contributed by atoms with Gasteiger partial charge in [-0.3, -0.25) is 4.79 Å². The molecule has 0 saturated heterocycles. The van der Waals surface area contributed by atoms with Gasteiger partial charge in [-0.1, -0.05) is 19.1 Å². The van der Waals surface area contributed by atoms with Crippen LogP contribution in [0.25, 0.3) is 0 Å². The lowest BCUT2D eigenvalue weighted by atomic mass is 10.0. The van der Waals surface area contributed by atoms with Gasteiger partial charge in [0.15, 0.2) is 0 Å². The van der Waals surface area contributed by atoms with Crippen LogP contribution >= 0.6 is 0 Å². The van der Waals surface area contributed by atoms with Crippen LogP contribution in [0, 0.1) is 6.92 Å². The molecule has 3 heteroatoms. The summed E-state index contributed by atoms with van der Waals surface area (Å²) < 4.78 is 5.39. The van der Waals surface area contributed by atoms with Crippen LogP contribution in [0.3, 0.4) is 0 Å². The van der Waals surface area contributed by atoms with E-state index < -0.39 is 5.60 Å². The molecule has 0 spiro atoms. The summed E-state index contributed by atoms with van der Waals surface area (Å²) in [5, 5.41) is 0. The molecule has 0 aliphatic carbocycles. The third kappa shape index (κ3) is 2.91. The maximum Gasteiger partial charge on any atom is 0.258 e. The van der Waals surface area contributed by atoms with Crippen molar-refractivity contribution in [2.45, 2.75) is 39.7 Å². The smallest absolute Gasteiger partial charge is 0.258 e. The molecule has 0 radical (unpaired) electrons. The van der Waals surface area contributed by atoms with Crippen molar-refractivity contribution in [1.29, 1.82) is 0 Å². The van der Waals surface area contributed by atoms with Gasteiger partial charge in [-0.25, -0.2) is 0 Å². The van der Waals surface area contributed by atoms with Gasteiger partial charge < -0.3 is 9.64 Å². The van der Waals surface area contributed by atoms with Crippen molar-refractivity contribution < 1.29 is 9.53 Å². The molecule has 1 amide bonds. The first kappa shape index (κ1) is 14.7. The van der Waals surface area contributed by atoms with E-state index in [1.807, 2.05) is 52.0 Å². The molecule has 1 aromatic rings. The molecule has 0 heterocycles. The predicted molar refractivity (Wildman–Crippen MR) is 74.9 cm³/mol. The van der Waals surface area contributed by atoms with Crippen molar-refractivity contribution in [2.24, 2.45) is 0 Å². The van der Waals surface area contributed by atoms with Crippen molar-refractivity contribution in [3.05, 3.63) is 29.8 Å². The van der Waals surface area contributed by atoms with Crippen LogP contribution in [0.2, 0.25) is 0 Å². The molecule has 0 aliphatic heterocycles. The van der Waals surface area contributed by atoms with Gasteiger partial charge in [-0.2, -0.15) is 0 Å². The number of benzene rings is 1. The SMILES string of the molecule is CCN(C(=O)C(C)(CC)OC)c1cccc(C)c1. The fraction of sp³-hybridized carbons (Fsp3) is 0.533. The van der Waals surface area contributed by atoms with Gasteiger partial charge in [-0.15, -0.1) is 0 Å². The molecule has 100 valence electrons. The summed E-state index contributed by atoms with van der Waals surface area (Å²) in [6.45, 7) is 8.45. The fourth-order valence-electron chi connectivity index (χ4n) is 1.91. The number of rotatable bonds is 5. The second-order valence-corrected chi connectivity index (χ2v) is 4.68. The van der Waals surface area contributed by atoms with Crippen LogP contribution < -0.4 is 4.90 Å². The van der Waals surface area contributed by atoms with Gasteiger partial charge in [0.2, 0.25) is 0 Å². The maximum absolute atomic E-state index is 12.6. The summed E-state index contributed by atoms with van der Waals surface area (Å²) in [6, 6.07) is 7.97. The Balaban J connectivity index is 3.07. The number of anilines is 1. The first-order valence-corrected chi connectivity index (χ1v) is 6.42. The molecule has 1 aromatic carbocycles. The summed E-state index contributed by atoms with van der Waals surface area (Å²) in [5.74, 6) is 0.0144. The number of hydrogen-bond acceptors (Lipinski definition) is 2. The summed E-state index contributed by atoms with van der Waals surface area (Å²) in [6.07, 6.45) is 0.657. The normalized spacial score (nSPS) is 14.1. The molecule has 0 saturated carbocycles. The molecule has 18 heavy (non-hydrogen) atoms. The quantitative estimate of drug-likeness (QED) is 0.802. The predicted octanol–water partition coefficient (Wildman–Crippen LogP) is 3.16. The van der Waals surface area contributed by atoms with E-state index in [1.165, 1.54) is 0 Å². The van der Waals surface area contributed by atoms with Gasteiger partial charge in [0, 0.05) is 19.3 Å². The second-order valence-electron chi connectivity index (χ2n) is 4.68. The average molecular weight is 249 g/mol. The molecule has 0 N–H and O–H groups in total. The lowest BCUT2D eigenvalue weighted by Gasteiger charge is -2.32. The van der Waals surface area contributed by atoms with E-state index in [9.17, 15) is 4.79 Å². The summed E-state index contributed by atoms with van der Waals surface area (Å²) in [4.78, 5) is 14.3. The molecular formula is C15H23NO2. The van der Waals surface area contributed by atoms with Crippen LogP contribution in [0.4, 0.5) is 5.69 Å². The van der Waals surface area contributed by atoms with Crippen LogP contribution in [0.1, 0.15) is 32.8 Å². The molecule has 1 rings (SSSR count). The Morgan fingerprint density at radius 3 is 2.50 bits per heavy atom. The summed E-state index contributed by atoms with van der Waals surface area (Å²) in [5.41, 5.74) is 1.33. The number of amides is 1. The zero-order chi connectivity index (χ0) is 13.8. The Morgan fingerprint density at radius 2 is 2.06 bits per heavy atom. The Bertz CT molecular complexity index is 411.